The van der Waals surface area contributed by atoms with Crippen molar-refractivity contribution < 1.29 is 18.3 Å². The lowest BCUT2D eigenvalue weighted by atomic mass is 9.91. The van der Waals surface area contributed by atoms with Crippen molar-refractivity contribution in [3.05, 3.63) is 0 Å². The number of piperidine rings is 1. The van der Waals surface area contributed by atoms with Gasteiger partial charge in [0.15, 0.2) is 0 Å². The van der Waals surface area contributed by atoms with Gasteiger partial charge < -0.3 is 14.2 Å². The molecule has 0 aromatic rings. The molecule has 0 aliphatic carbocycles. The fourth-order valence-corrected chi connectivity index (χ4v) is 4.13. The average molecular weight is 299 g/mol. The summed E-state index contributed by atoms with van der Waals surface area (Å²) >= 11 is -2.41. The van der Waals surface area contributed by atoms with Crippen molar-refractivity contribution in [1.29, 1.82) is 0 Å². The van der Waals surface area contributed by atoms with E-state index >= 15 is 0 Å². The minimum absolute atomic E-state index is 0.0412. The van der Waals surface area contributed by atoms with E-state index in [4.69, 9.17) is 11.2 Å². The second kappa shape index (κ2) is 6.68. The predicted octanol–water partition coefficient (Wildman–Crippen LogP) is -0.258. The molecule has 1 amide bonds. The SMILES string of the molecule is C#CCN1C[C@H](COC)C2CCCC(C1=O)N2S(=O)[O-]. The van der Waals surface area contributed by atoms with E-state index in [-0.39, 0.29) is 24.4 Å². The fourth-order valence-electron chi connectivity index (χ4n) is 3.23. The minimum atomic E-state index is -2.41. The number of hydrogen-bond acceptors (Lipinski definition) is 4. The summed E-state index contributed by atoms with van der Waals surface area (Å²) in [7, 11) is 1.58. The van der Waals surface area contributed by atoms with Gasteiger partial charge in [0, 0.05) is 36.9 Å². The number of hydrogen-bond donors (Lipinski definition) is 0. The van der Waals surface area contributed by atoms with Crippen LogP contribution in [0.3, 0.4) is 0 Å². The Morgan fingerprint density at radius 2 is 2.30 bits per heavy atom. The summed E-state index contributed by atoms with van der Waals surface area (Å²) in [5.41, 5.74) is 0. The number of nitrogens with zero attached hydrogens (tertiary/aromatic N) is 2. The highest BCUT2D eigenvalue weighted by Gasteiger charge is 2.45. The molecule has 2 aliphatic rings. The maximum Gasteiger partial charge on any atom is 0.241 e. The van der Waals surface area contributed by atoms with Gasteiger partial charge in [0.1, 0.15) is 6.04 Å². The van der Waals surface area contributed by atoms with Gasteiger partial charge in [0.2, 0.25) is 5.91 Å². The topological polar surface area (TPSA) is 72.9 Å². The molecule has 20 heavy (non-hydrogen) atoms. The molecule has 0 spiro atoms. The maximum atomic E-state index is 12.5. The lowest BCUT2D eigenvalue weighted by Gasteiger charge is -2.42. The van der Waals surface area contributed by atoms with E-state index in [2.05, 4.69) is 5.92 Å². The molecule has 0 aromatic heterocycles. The summed E-state index contributed by atoms with van der Waals surface area (Å²) in [5.74, 6) is 2.25. The summed E-state index contributed by atoms with van der Waals surface area (Å²) < 4.78 is 29.6. The van der Waals surface area contributed by atoms with Gasteiger partial charge in [0.05, 0.1) is 13.2 Å². The van der Waals surface area contributed by atoms with Crippen molar-refractivity contribution in [1.82, 2.24) is 9.21 Å². The zero-order chi connectivity index (χ0) is 14.7. The van der Waals surface area contributed by atoms with Gasteiger partial charge in [-0.25, -0.2) is 4.31 Å². The van der Waals surface area contributed by atoms with Crippen LogP contribution in [0.4, 0.5) is 0 Å². The van der Waals surface area contributed by atoms with E-state index < -0.39 is 17.3 Å². The van der Waals surface area contributed by atoms with Gasteiger partial charge >= 0.3 is 0 Å². The number of fused-ring (bicyclic) bond motifs is 2. The third-order valence-corrected chi connectivity index (χ3v) is 4.91. The highest BCUT2D eigenvalue weighted by atomic mass is 32.2. The van der Waals surface area contributed by atoms with E-state index in [1.165, 1.54) is 4.31 Å². The van der Waals surface area contributed by atoms with Gasteiger partial charge in [-0.3, -0.25) is 9.00 Å². The van der Waals surface area contributed by atoms with Crippen LogP contribution in [-0.2, 0) is 20.8 Å². The molecule has 0 saturated carbocycles. The van der Waals surface area contributed by atoms with Crippen LogP contribution in [0.25, 0.3) is 0 Å². The van der Waals surface area contributed by atoms with Crippen LogP contribution < -0.4 is 0 Å². The van der Waals surface area contributed by atoms with Crippen LogP contribution in [-0.4, -0.2) is 62.8 Å². The quantitative estimate of drug-likeness (QED) is 0.530. The second-order valence-electron chi connectivity index (χ2n) is 5.23. The van der Waals surface area contributed by atoms with Gasteiger partial charge in [-0.1, -0.05) is 5.92 Å². The molecule has 0 aromatic carbocycles. The van der Waals surface area contributed by atoms with Gasteiger partial charge in [-0.2, -0.15) is 0 Å². The molecule has 0 radical (unpaired) electrons. The van der Waals surface area contributed by atoms with Crippen LogP contribution in [0, 0.1) is 18.3 Å². The number of methoxy groups -OCH3 is 1. The highest BCUT2D eigenvalue weighted by molar-refractivity contribution is 7.76. The van der Waals surface area contributed by atoms with Crippen LogP contribution in [0.1, 0.15) is 19.3 Å². The molecule has 2 rings (SSSR count). The number of rotatable bonds is 4. The molecular weight excluding hydrogens is 280 g/mol. The Morgan fingerprint density at radius 3 is 2.90 bits per heavy atom. The summed E-state index contributed by atoms with van der Waals surface area (Å²) in [6.45, 7) is 1.08. The van der Waals surface area contributed by atoms with E-state index in [0.29, 0.717) is 19.6 Å². The van der Waals surface area contributed by atoms with Crippen LogP contribution >= 0.6 is 0 Å². The minimum Gasteiger partial charge on any atom is -0.760 e. The Hall–Kier alpha value is -0.940. The Bertz CT molecular complexity index is 437. The van der Waals surface area contributed by atoms with Crippen molar-refractivity contribution in [2.24, 2.45) is 5.92 Å². The molecule has 6 nitrogen and oxygen atoms in total. The van der Waals surface area contributed by atoms with E-state index in [1.807, 2.05) is 0 Å². The van der Waals surface area contributed by atoms with Gasteiger partial charge in [0.25, 0.3) is 0 Å². The van der Waals surface area contributed by atoms with Crippen LogP contribution in [0.2, 0.25) is 0 Å². The third kappa shape index (κ3) is 2.88. The number of carbonyl (C=O) groups is 1. The smallest absolute Gasteiger partial charge is 0.241 e. The summed E-state index contributed by atoms with van der Waals surface area (Å²) in [6.07, 6.45) is 7.48. The van der Waals surface area contributed by atoms with Crippen molar-refractivity contribution in [3.63, 3.8) is 0 Å². The number of ether oxygens (including phenoxy) is 1. The lowest BCUT2D eigenvalue weighted by Crippen LogP contribution is -2.53. The third-order valence-electron chi connectivity index (χ3n) is 4.04. The van der Waals surface area contributed by atoms with E-state index in [9.17, 15) is 13.6 Å². The molecule has 112 valence electrons. The Labute approximate surface area is 121 Å². The monoisotopic (exact) mass is 299 g/mol. The maximum absolute atomic E-state index is 12.5. The van der Waals surface area contributed by atoms with E-state index in [1.54, 1.807) is 12.0 Å². The molecule has 0 N–H and O–H groups in total. The first-order chi connectivity index (χ1) is 9.60. The number of carbonyl (C=O) groups excluding carboxylic acids is 1. The van der Waals surface area contributed by atoms with Crippen molar-refractivity contribution in [2.75, 3.05) is 26.8 Å². The molecular formula is C13H19N2O4S-. The molecule has 2 bridgehead atoms. The van der Waals surface area contributed by atoms with Crippen molar-refractivity contribution >= 4 is 17.2 Å². The zero-order valence-electron chi connectivity index (χ0n) is 11.5. The Kier molecular flexibility index (Phi) is 5.16. The standard InChI is InChI=1S/C13H20N2O4S/c1-3-7-14-8-10(9-19-2)11-5-4-6-12(13(14)16)15(11)20(17)18/h1,10-12H,4-9H2,2H3,(H,17,18)/p-1/t10-,11?,12?/m1/s1. The number of terminal acetylenes is 1. The molecule has 2 saturated heterocycles. The highest BCUT2D eigenvalue weighted by Crippen LogP contribution is 2.33. The molecule has 2 heterocycles. The zero-order valence-corrected chi connectivity index (χ0v) is 12.3. The van der Waals surface area contributed by atoms with Crippen LogP contribution in [0.15, 0.2) is 0 Å². The summed E-state index contributed by atoms with van der Waals surface area (Å²) in [6, 6.07) is -0.791. The molecule has 4 atom stereocenters. The predicted molar refractivity (Wildman–Crippen MR) is 73.0 cm³/mol. The molecule has 2 aliphatic heterocycles. The molecule has 3 unspecified atom stereocenters. The Morgan fingerprint density at radius 1 is 1.55 bits per heavy atom. The van der Waals surface area contributed by atoms with Crippen molar-refractivity contribution in [2.45, 2.75) is 31.3 Å². The molecule has 2 fully saturated rings. The first kappa shape index (κ1) is 15.4. The van der Waals surface area contributed by atoms with E-state index in [0.717, 1.165) is 12.8 Å². The largest absolute Gasteiger partial charge is 0.760 e. The molecule has 7 heteroatoms. The van der Waals surface area contributed by atoms with Gasteiger partial charge in [-0.05, 0) is 19.3 Å². The normalized spacial score (nSPS) is 32.5. The Balaban J connectivity index is 2.35. The van der Waals surface area contributed by atoms with Crippen molar-refractivity contribution in [3.8, 4) is 12.3 Å². The first-order valence-electron chi connectivity index (χ1n) is 6.69. The lowest BCUT2D eigenvalue weighted by molar-refractivity contribution is -0.134. The first-order valence-corrected chi connectivity index (χ1v) is 7.72. The number of amides is 1. The summed E-state index contributed by atoms with van der Waals surface area (Å²) in [4.78, 5) is 14.1. The van der Waals surface area contributed by atoms with Crippen LogP contribution in [0.5, 0.6) is 0 Å². The average Bonchev–Trinajstić information content (AvgIpc) is 2.49. The second-order valence-corrected chi connectivity index (χ2v) is 6.09. The fraction of sp³-hybridized carbons (Fsp3) is 0.769. The van der Waals surface area contributed by atoms with Gasteiger partial charge in [-0.15, -0.1) is 6.42 Å². The summed E-state index contributed by atoms with van der Waals surface area (Å²) in [5, 5.41) is 0.